The van der Waals surface area contributed by atoms with Crippen LogP contribution in [-0.2, 0) is 17.7 Å². The predicted octanol–water partition coefficient (Wildman–Crippen LogP) is 2.76. The van der Waals surface area contributed by atoms with Crippen LogP contribution in [0.3, 0.4) is 0 Å². The quantitative estimate of drug-likeness (QED) is 0.612. The van der Waals surface area contributed by atoms with Crippen molar-refractivity contribution in [2.45, 2.75) is 33.2 Å². The molecule has 1 aromatic carbocycles. The molecule has 25 heavy (non-hydrogen) atoms. The second kappa shape index (κ2) is 7.87. The molecule has 0 amide bonds. The van der Waals surface area contributed by atoms with E-state index in [1.807, 2.05) is 6.92 Å². The van der Waals surface area contributed by atoms with Gasteiger partial charge in [0.1, 0.15) is 23.0 Å². The number of nitrogen functional groups attached to an aromatic ring is 1. The fourth-order valence-electron chi connectivity index (χ4n) is 2.42. The lowest BCUT2D eigenvalue weighted by atomic mass is 10.1. The summed E-state index contributed by atoms with van der Waals surface area (Å²) in [6, 6.07) is 3.06. The summed E-state index contributed by atoms with van der Waals surface area (Å²) < 4.78 is 33.6. The lowest BCUT2D eigenvalue weighted by Crippen LogP contribution is -2.18. The van der Waals surface area contributed by atoms with E-state index >= 15 is 0 Å². The zero-order chi connectivity index (χ0) is 18.6. The Morgan fingerprint density at radius 3 is 2.40 bits per heavy atom. The third-order valence-electron chi connectivity index (χ3n) is 3.61. The average molecular weight is 351 g/mol. The molecule has 0 radical (unpaired) electrons. The maximum atomic E-state index is 13.6. The summed E-state index contributed by atoms with van der Waals surface area (Å²) in [6.07, 6.45) is 1.22. The highest BCUT2D eigenvalue weighted by molar-refractivity contribution is 6.01. The minimum atomic E-state index is -1.01. The number of esters is 1. The molecule has 0 atom stereocenters. The third kappa shape index (κ3) is 3.84. The number of nitrogens with two attached hydrogens (primary N) is 1. The van der Waals surface area contributed by atoms with Gasteiger partial charge in [-0.3, -0.25) is 4.79 Å². The number of aromatic nitrogens is 2. The molecule has 0 bridgehead atoms. The molecule has 2 rings (SSSR count). The van der Waals surface area contributed by atoms with Gasteiger partial charge >= 0.3 is 5.97 Å². The summed E-state index contributed by atoms with van der Waals surface area (Å²) >= 11 is 0. The summed E-state index contributed by atoms with van der Waals surface area (Å²) in [7, 11) is 0. The van der Waals surface area contributed by atoms with Crippen molar-refractivity contribution in [3.63, 3.8) is 0 Å². The van der Waals surface area contributed by atoms with Crippen molar-refractivity contribution in [3.8, 4) is 0 Å². The van der Waals surface area contributed by atoms with Gasteiger partial charge in [-0.15, -0.1) is 0 Å². The van der Waals surface area contributed by atoms with Gasteiger partial charge in [0.25, 0.3) is 0 Å². The van der Waals surface area contributed by atoms with Crippen LogP contribution in [0.1, 0.15) is 46.7 Å². The number of rotatable bonds is 7. The molecular formula is C17H19F2N3O3. The van der Waals surface area contributed by atoms with Gasteiger partial charge in [-0.25, -0.2) is 18.3 Å². The number of ether oxygens (including phenoxy) is 1. The van der Waals surface area contributed by atoms with Crippen LogP contribution >= 0.6 is 0 Å². The highest BCUT2D eigenvalue weighted by Crippen LogP contribution is 2.20. The maximum Gasteiger partial charge on any atom is 0.344 e. The smallest absolute Gasteiger partial charge is 0.344 e. The zero-order valence-electron chi connectivity index (χ0n) is 14.0. The van der Waals surface area contributed by atoms with Gasteiger partial charge in [-0.2, -0.15) is 5.10 Å². The number of benzene rings is 1. The van der Waals surface area contributed by atoms with Crippen molar-refractivity contribution in [1.29, 1.82) is 0 Å². The van der Waals surface area contributed by atoms with Crippen LogP contribution in [0.2, 0.25) is 0 Å². The van der Waals surface area contributed by atoms with Crippen LogP contribution in [-0.4, -0.2) is 28.1 Å². The molecule has 0 unspecified atom stereocenters. The van der Waals surface area contributed by atoms with Crippen molar-refractivity contribution < 1.29 is 23.1 Å². The van der Waals surface area contributed by atoms with E-state index in [1.54, 1.807) is 6.92 Å². The van der Waals surface area contributed by atoms with Gasteiger partial charge < -0.3 is 10.5 Å². The number of carbonyl (C=O) groups is 2. The first-order valence-corrected chi connectivity index (χ1v) is 7.90. The highest BCUT2D eigenvalue weighted by Gasteiger charge is 2.24. The lowest BCUT2D eigenvalue weighted by molar-refractivity contribution is 0.0472. The van der Waals surface area contributed by atoms with Gasteiger partial charge in [0.2, 0.25) is 5.78 Å². The molecule has 2 N–H and O–H groups in total. The van der Waals surface area contributed by atoms with Crippen LogP contribution in [0, 0.1) is 11.6 Å². The fourth-order valence-corrected chi connectivity index (χ4v) is 2.42. The first kappa shape index (κ1) is 18.6. The molecule has 0 fully saturated rings. The molecule has 0 aliphatic carbocycles. The van der Waals surface area contributed by atoms with E-state index in [-0.39, 0.29) is 11.4 Å². The van der Waals surface area contributed by atoms with E-state index in [1.165, 1.54) is 4.68 Å². The second-order valence-electron chi connectivity index (χ2n) is 5.38. The molecule has 1 aromatic heterocycles. The van der Waals surface area contributed by atoms with Crippen molar-refractivity contribution in [2.24, 2.45) is 0 Å². The summed E-state index contributed by atoms with van der Waals surface area (Å²) in [5.41, 5.74) is 5.72. The fraction of sp³-hybridized carbons (Fsp3) is 0.353. The summed E-state index contributed by atoms with van der Waals surface area (Å²) in [6.45, 7) is 3.48. The summed E-state index contributed by atoms with van der Waals surface area (Å²) in [5.74, 6) is -3.69. The van der Waals surface area contributed by atoms with E-state index < -0.39 is 35.6 Å². The minimum absolute atomic E-state index is 0.0813. The van der Waals surface area contributed by atoms with Gasteiger partial charge in [0, 0.05) is 6.54 Å². The molecule has 0 saturated carbocycles. The van der Waals surface area contributed by atoms with Gasteiger partial charge in [0.05, 0.1) is 11.3 Å². The number of carbonyl (C=O) groups excluding carboxylic acids is 2. The first-order valence-electron chi connectivity index (χ1n) is 7.90. The number of ketones is 1. The molecule has 6 nitrogen and oxygen atoms in total. The van der Waals surface area contributed by atoms with Crippen molar-refractivity contribution in [3.05, 3.63) is 46.7 Å². The number of Topliss-reactive ketones (excluding diaryl/α,β-unsaturated/α-hetero) is 1. The molecule has 0 saturated heterocycles. The Labute approximate surface area is 143 Å². The highest BCUT2D eigenvalue weighted by atomic mass is 19.1. The minimum Gasteiger partial charge on any atom is -0.454 e. The van der Waals surface area contributed by atoms with Crippen molar-refractivity contribution in [2.75, 3.05) is 12.3 Å². The van der Waals surface area contributed by atoms with Crippen LogP contribution in [0.15, 0.2) is 18.2 Å². The van der Waals surface area contributed by atoms with E-state index in [9.17, 15) is 18.4 Å². The average Bonchev–Trinajstić information content (AvgIpc) is 2.89. The van der Waals surface area contributed by atoms with Crippen molar-refractivity contribution >= 4 is 17.6 Å². The molecular weight excluding hydrogens is 332 g/mol. The van der Waals surface area contributed by atoms with Crippen LogP contribution in [0.5, 0.6) is 0 Å². The zero-order valence-corrected chi connectivity index (χ0v) is 14.0. The topological polar surface area (TPSA) is 87.2 Å². The predicted molar refractivity (Wildman–Crippen MR) is 87.3 cm³/mol. The Kier molecular flexibility index (Phi) is 5.84. The molecule has 0 spiro atoms. The van der Waals surface area contributed by atoms with E-state index in [0.29, 0.717) is 18.7 Å². The Morgan fingerprint density at radius 1 is 1.20 bits per heavy atom. The van der Waals surface area contributed by atoms with Crippen LogP contribution in [0.4, 0.5) is 14.6 Å². The number of hydrogen-bond acceptors (Lipinski definition) is 5. The normalized spacial score (nSPS) is 10.7. The number of aryl methyl sites for hydroxylation is 2. The van der Waals surface area contributed by atoms with Crippen LogP contribution in [0.25, 0.3) is 0 Å². The standard InChI is InChI=1S/C17H19F2N3O3/c1-3-8-22-16(20)15(12(4-2)21-22)17(24)25-9-13(23)14-10(18)6-5-7-11(14)19/h5-7H,3-4,8-9,20H2,1-2H3. The number of anilines is 1. The molecule has 0 aliphatic rings. The van der Waals surface area contributed by atoms with E-state index in [2.05, 4.69) is 5.10 Å². The Balaban J connectivity index is 2.17. The van der Waals surface area contributed by atoms with E-state index in [0.717, 1.165) is 24.6 Å². The SMILES string of the molecule is CCCn1nc(CC)c(C(=O)OCC(=O)c2c(F)cccc2F)c1N. The number of hydrogen-bond donors (Lipinski definition) is 1. The Morgan fingerprint density at radius 2 is 1.84 bits per heavy atom. The summed E-state index contributed by atoms with van der Waals surface area (Å²) in [4.78, 5) is 24.2. The molecule has 1 heterocycles. The molecule has 8 heteroatoms. The van der Waals surface area contributed by atoms with Crippen LogP contribution < -0.4 is 5.73 Å². The largest absolute Gasteiger partial charge is 0.454 e. The van der Waals surface area contributed by atoms with E-state index in [4.69, 9.17) is 10.5 Å². The third-order valence-corrected chi connectivity index (χ3v) is 3.61. The molecule has 2 aromatic rings. The Bertz CT molecular complexity index is 782. The lowest BCUT2D eigenvalue weighted by Gasteiger charge is -2.07. The first-order chi connectivity index (χ1) is 11.9. The Hall–Kier alpha value is -2.77. The number of halogens is 2. The second-order valence-corrected chi connectivity index (χ2v) is 5.38. The monoisotopic (exact) mass is 351 g/mol. The molecule has 0 aliphatic heterocycles. The van der Waals surface area contributed by atoms with Gasteiger partial charge in [0.15, 0.2) is 6.61 Å². The maximum absolute atomic E-state index is 13.6. The number of nitrogens with zero attached hydrogens (tertiary/aromatic N) is 2. The van der Waals surface area contributed by atoms with Gasteiger partial charge in [-0.05, 0) is 25.0 Å². The van der Waals surface area contributed by atoms with Crippen molar-refractivity contribution in [1.82, 2.24) is 9.78 Å². The molecule has 134 valence electrons. The summed E-state index contributed by atoms with van der Waals surface area (Å²) in [5, 5.41) is 4.24. The van der Waals surface area contributed by atoms with Gasteiger partial charge in [-0.1, -0.05) is 19.9 Å².